The Labute approximate surface area is 174 Å². The smallest absolute Gasteiger partial charge is 0.265 e. The van der Waals surface area contributed by atoms with Gasteiger partial charge < -0.3 is 9.30 Å². The van der Waals surface area contributed by atoms with Gasteiger partial charge in [0.15, 0.2) is 6.29 Å². The van der Waals surface area contributed by atoms with Crippen LogP contribution >= 0.6 is 0 Å². The van der Waals surface area contributed by atoms with Gasteiger partial charge in [-0.3, -0.25) is 9.10 Å². The number of hydrogen-bond acceptors (Lipinski definition) is 4. The van der Waals surface area contributed by atoms with E-state index < -0.39 is 21.9 Å². The highest BCUT2D eigenvalue weighted by Gasteiger charge is 2.39. The molecule has 0 N–H and O–H groups in total. The molecule has 0 fully saturated rings. The Kier molecular flexibility index (Phi) is 4.89. The fourth-order valence-electron chi connectivity index (χ4n) is 4.05. The molecule has 6 nitrogen and oxygen atoms in total. The molecule has 2 heterocycles. The van der Waals surface area contributed by atoms with Gasteiger partial charge in [0, 0.05) is 11.8 Å². The second-order valence-corrected chi connectivity index (χ2v) is 8.94. The minimum absolute atomic E-state index is 0.0880. The molecule has 4 rings (SSSR count). The molecule has 156 valence electrons. The number of aldehydes is 1. The maximum absolute atomic E-state index is 14.2. The van der Waals surface area contributed by atoms with Crippen LogP contribution in [0.25, 0.3) is 5.69 Å². The van der Waals surface area contributed by atoms with E-state index in [1.807, 2.05) is 6.92 Å². The van der Waals surface area contributed by atoms with Crippen LogP contribution in [0.2, 0.25) is 0 Å². The summed E-state index contributed by atoms with van der Waals surface area (Å²) in [4.78, 5) is 11.7. The quantitative estimate of drug-likeness (QED) is 0.565. The molecule has 1 aromatic heterocycles. The first kappa shape index (κ1) is 20.2. The summed E-state index contributed by atoms with van der Waals surface area (Å²) in [6.07, 6.45) is 1.15. The highest BCUT2D eigenvalue weighted by atomic mass is 32.2. The molecule has 0 spiro atoms. The number of sulfonamides is 1. The number of carbonyl (C=O) groups excluding carboxylic acids is 1. The summed E-state index contributed by atoms with van der Waals surface area (Å²) in [6.45, 7) is 3.62. The first-order chi connectivity index (χ1) is 14.3. The molecule has 1 aliphatic rings. The van der Waals surface area contributed by atoms with Crippen molar-refractivity contribution in [2.45, 2.75) is 31.2 Å². The van der Waals surface area contributed by atoms with E-state index in [9.17, 15) is 17.6 Å². The number of hydrogen-bond donors (Lipinski definition) is 0. The summed E-state index contributed by atoms with van der Waals surface area (Å²) in [5.74, 6) is 0.0218. The molecule has 0 aliphatic carbocycles. The van der Waals surface area contributed by atoms with E-state index in [-0.39, 0.29) is 10.6 Å². The summed E-state index contributed by atoms with van der Waals surface area (Å²) in [6, 6.07) is 11.4. The molecular weight excluding hydrogens is 407 g/mol. The average molecular weight is 428 g/mol. The number of aromatic nitrogens is 1. The van der Waals surface area contributed by atoms with E-state index in [1.54, 1.807) is 35.8 Å². The maximum Gasteiger partial charge on any atom is 0.265 e. The SMILES string of the molecule is CCC1c2ccc(C=O)n2-c2ccc(F)cc2N1S(=O)(=O)c1ccc(OC)c(C)c1. The first-order valence-corrected chi connectivity index (χ1v) is 10.9. The van der Waals surface area contributed by atoms with Crippen molar-refractivity contribution in [1.29, 1.82) is 0 Å². The van der Waals surface area contributed by atoms with Crippen LogP contribution in [0.15, 0.2) is 53.4 Å². The second-order valence-electron chi connectivity index (χ2n) is 7.13. The predicted molar refractivity (Wildman–Crippen MR) is 112 cm³/mol. The Hall–Kier alpha value is -3.13. The number of rotatable bonds is 5. The van der Waals surface area contributed by atoms with Gasteiger partial charge in [-0.25, -0.2) is 12.8 Å². The number of aryl methyl sites for hydroxylation is 1. The molecule has 0 saturated carbocycles. The summed E-state index contributed by atoms with van der Waals surface area (Å²) in [7, 11) is -2.51. The number of halogens is 1. The average Bonchev–Trinajstić information content (AvgIpc) is 3.16. The number of carbonyl (C=O) groups is 1. The van der Waals surface area contributed by atoms with Crippen LogP contribution in [0.1, 0.15) is 41.1 Å². The van der Waals surface area contributed by atoms with Crippen LogP contribution < -0.4 is 9.04 Å². The largest absolute Gasteiger partial charge is 0.496 e. The number of ether oxygens (including phenoxy) is 1. The van der Waals surface area contributed by atoms with Gasteiger partial charge >= 0.3 is 0 Å². The lowest BCUT2D eigenvalue weighted by Gasteiger charge is -2.38. The Morgan fingerprint density at radius 3 is 2.50 bits per heavy atom. The van der Waals surface area contributed by atoms with Crippen LogP contribution in [-0.2, 0) is 10.0 Å². The molecule has 0 saturated heterocycles. The highest BCUT2D eigenvalue weighted by molar-refractivity contribution is 7.92. The van der Waals surface area contributed by atoms with E-state index in [1.165, 1.54) is 35.7 Å². The van der Waals surface area contributed by atoms with E-state index in [0.29, 0.717) is 41.1 Å². The van der Waals surface area contributed by atoms with Crippen molar-refractivity contribution >= 4 is 22.0 Å². The van der Waals surface area contributed by atoms with Gasteiger partial charge in [0.2, 0.25) is 0 Å². The van der Waals surface area contributed by atoms with Crippen molar-refractivity contribution in [3.63, 3.8) is 0 Å². The first-order valence-electron chi connectivity index (χ1n) is 9.49. The lowest BCUT2D eigenvalue weighted by atomic mass is 10.1. The van der Waals surface area contributed by atoms with Crippen LogP contribution in [0, 0.1) is 12.7 Å². The number of methoxy groups -OCH3 is 1. The van der Waals surface area contributed by atoms with Gasteiger partial charge in [0.25, 0.3) is 10.0 Å². The van der Waals surface area contributed by atoms with E-state index in [2.05, 4.69) is 0 Å². The van der Waals surface area contributed by atoms with Crippen LogP contribution in [0.4, 0.5) is 10.1 Å². The van der Waals surface area contributed by atoms with E-state index in [4.69, 9.17) is 4.74 Å². The Morgan fingerprint density at radius 2 is 1.87 bits per heavy atom. The summed E-state index contributed by atoms with van der Waals surface area (Å²) in [5.41, 5.74) is 2.36. The molecule has 30 heavy (non-hydrogen) atoms. The molecule has 0 amide bonds. The summed E-state index contributed by atoms with van der Waals surface area (Å²) < 4.78 is 49.9. The molecule has 0 bridgehead atoms. The lowest BCUT2D eigenvalue weighted by Crippen LogP contribution is -2.39. The van der Waals surface area contributed by atoms with Crippen LogP contribution in [-0.4, -0.2) is 26.4 Å². The number of nitrogens with zero attached hydrogens (tertiary/aromatic N) is 2. The minimum Gasteiger partial charge on any atom is -0.496 e. The normalized spacial score (nSPS) is 15.5. The van der Waals surface area contributed by atoms with Gasteiger partial charge in [0.05, 0.1) is 35.1 Å². The van der Waals surface area contributed by atoms with Gasteiger partial charge in [-0.2, -0.15) is 0 Å². The Balaban J connectivity index is 1.98. The topological polar surface area (TPSA) is 68.6 Å². The van der Waals surface area contributed by atoms with Crippen LogP contribution in [0.5, 0.6) is 5.75 Å². The molecule has 8 heteroatoms. The molecule has 1 unspecified atom stereocenters. The second kappa shape index (κ2) is 7.28. The molecule has 0 radical (unpaired) electrons. The minimum atomic E-state index is -4.03. The molecule has 1 aliphatic heterocycles. The fourth-order valence-corrected chi connectivity index (χ4v) is 5.84. The third kappa shape index (κ3) is 2.90. The van der Waals surface area contributed by atoms with Gasteiger partial charge in [-0.1, -0.05) is 6.92 Å². The number of benzene rings is 2. The third-order valence-corrected chi connectivity index (χ3v) is 7.23. The maximum atomic E-state index is 14.2. The summed E-state index contributed by atoms with van der Waals surface area (Å²) in [5, 5.41) is 0. The standard InChI is InChI=1S/C22H21FN2O4S/c1-4-18-19-9-6-16(13-26)24(19)20-8-5-15(23)12-21(20)25(18)30(27,28)17-7-10-22(29-3)14(2)11-17/h5-13,18H,4H2,1-3H3. The zero-order chi connectivity index (χ0) is 21.6. The van der Waals surface area contributed by atoms with E-state index in [0.717, 1.165) is 0 Å². The van der Waals surface area contributed by atoms with Gasteiger partial charge in [-0.05, 0) is 61.4 Å². The van der Waals surface area contributed by atoms with Crippen molar-refractivity contribution in [2.75, 3.05) is 11.4 Å². The van der Waals surface area contributed by atoms with Crippen molar-refractivity contribution in [3.8, 4) is 11.4 Å². The van der Waals surface area contributed by atoms with Crippen LogP contribution in [0.3, 0.4) is 0 Å². The zero-order valence-corrected chi connectivity index (χ0v) is 17.6. The molecule has 2 aromatic carbocycles. The van der Waals surface area contributed by atoms with Gasteiger partial charge in [-0.15, -0.1) is 0 Å². The third-order valence-electron chi connectivity index (χ3n) is 5.41. The fraction of sp³-hybridized carbons (Fsp3) is 0.227. The van der Waals surface area contributed by atoms with Crippen molar-refractivity contribution in [3.05, 3.63) is 71.3 Å². The van der Waals surface area contributed by atoms with E-state index >= 15 is 0 Å². The predicted octanol–water partition coefficient (Wildman–Crippen LogP) is 4.41. The molecule has 3 aromatic rings. The summed E-state index contributed by atoms with van der Waals surface area (Å²) >= 11 is 0. The molecular formula is C22H21FN2O4S. The Bertz CT molecular complexity index is 1250. The number of anilines is 1. The van der Waals surface area contributed by atoms with Crippen molar-refractivity contribution < 1.29 is 22.3 Å². The Morgan fingerprint density at radius 1 is 1.10 bits per heavy atom. The van der Waals surface area contributed by atoms with Crippen molar-refractivity contribution in [1.82, 2.24) is 4.57 Å². The monoisotopic (exact) mass is 428 g/mol. The highest BCUT2D eigenvalue weighted by Crippen LogP contribution is 2.45. The lowest BCUT2D eigenvalue weighted by molar-refractivity contribution is 0.111. The van der Waals surface area contributed by atoms with Gasteiger partial charge in [0.1, 0.15) is 11.6 Å². The zero-order valence-electron chi connectivity index (χ0n) is 16.8. The number of fused-ring (bicyclic) bond motifs is 3. The van der Waals surface area contributed by atoms with Crippen molar-refractivity contribution in [2.24, 2.45) is 0 Å². The molecule has 1 atom stereocenters.